The van der Waals surface area contributed by atoms with Crippen molar-refractivity contribution >= 4 is 28.0 Å². The third-order valence-corrected chi connectivity index (χ3v) is 2.09. The SMILES string of the molecule is CC(=S)CC[S+](C)C. The minimum Gasteiger partial charge on any atom is -0.0898 e. The highest BCUT2D eigenvalue weighted by molar-refractivity contribution is 7.95. The Kier molecular flexibility index (Phi) is 4.57. The average Bonchev–Trinajstić information content (AvgIpc) is 1.61. The summed E-state index contributed by atoms with van der Waals surface area (Å²) in [6, 6.07) is 0. The highest BCUT2D eigenvalue weighted by Crippen LogP contribution is 1.91. The third-order valence-electron chi connectivity index (χ3n) is 0.862. The zero-order chi connectivity index (χ0) is 6.57. The standard InChI is InChI=1S/C6H13S2/c1-6(7)4-5-8(2)3/h4-5H2,1-3H3/q+1. The summed E-state index contributed by atoms with van der Waals surface area (Å²) in [5.74, 6) is 1.27. The molecule has 8 heavy (non-hydrogen) atoms. The Morgan fingerprint density at radius 3 is 2.12 bits per heavy atom. The van der Waals surface area contributed by atoms with E-state index in [0.29, 0.717) is 10.9 Å². The van der Waals surface area contributed by atoms with Gasteiger partial charge in [0.25, 0.3) is 0 Å². The van der Waals surface area contributed by atoms with E-state index >= 15 is 0 Å². The number of hydrogen-bond acceptors (Lipinski definition) is 1. The normalized spacial score (nSPS) is 10.0. The molecule has 0 aromatic rings. The van der Waals surface area contributed by atoms with Gasteiger partial charge in [-0.25, -0.2) is 0 Å². The lowest BCUT2D eigenvalue weighted by atomic mass is 10.4. The van der Waals surface area contributed by atoms with Crippen LogP contribution in [0.15, 0.2) is 0 Å². The zero-order valence-corrected chi connectivity index (χ0v) is 7.36. The van der Waals surface area contributed by atoms with Gasteiger partial charge in [0.2, 0.25) is 0 Å². The summed E-state index contributed by atoms with van der Waals surface area (Å²) >= 11 is 4.92. The molecule has 0 N–H and O–H groups in total. The van der Waals surface area contributed by atoms with Gasteiger partial charge in [0, 0.05) is 6.42 Å². The monoisotopic (exact) mass is 149 g/mol. The van der Waals surface area contributed by atoms with E-state index < -0.39 is 0 Å². The first-order chi connectivity index (χ1) is 3.63. The van der Waals surface area contributed by atoms with Crippen molar-refractivity contribution in [3.05, 3.63) is 0 Å². The van der Waals surface area contributed by atoms with Crippen molar-refractivity contribution < 1.29 is 0 Å². The van der Waals surface area contributed by atoms with Crippen LogP contribution in [0.1, 0.15) is 13.3 Å². The van der Waals surface area contributed by atoms with Crippen LogP contribution < -0.4 is 0 Å². The second kappa shape index (κ2) is 4.33. The molecule has 0 heterocycles. The molecule has 0 amide bonds. The van der Waals surface area contributed by atoms with Gasteiger partial charge in [-0.1, -0.05) is 12.2 Å². The van der Waals surface area contributed by atoms with E-state index in [-0.39, 0.29) is 0 Å². The smallest absolute Gasteiger partial charge is 0.0898 e. The van der Waals surface area contributed by atoms with Crippen LogP contribution in [-0.2, 0) is 10.9 Å². The minimum atomic E-state index is 0.576. The lowest BCUT2D eigenvalue weighted by molar-refractivity contribution is 1.32. The Balaban J connectivity index is 3.05. The maximum atomic E-state index is 4.92. The van der Waals surface area contributed by atoms with Crippen LogP contribution in [0.3, 0.4) is 0 Å². The molecule has 0 radical (unpaired) electrons. The second-order valence-corrected chi connectivity index (χ2v) is 5.22. The lowest BCUT2D eigenvalue weighted by Crippen LogP contribution is -2.04. The van der Waals surface area contributed by atoms with Crippen molar-refractivity contribution in [1.29, 1.82) is 0 Å². The minimum absolute atomic E-state index is 0.576. The average molecular weight is 149 g/mol. The van der Waals surface area contributed by atoms with Gasteiger partial charge < -0.3 is 0 Å². The molecule has 0 atom stereocenters. The molecule has 0 rings (SSSR count). The van der Waals surface area contributed by atoms with Crippen LogP contribution in [0.4, 0.5) is 0 Å². The molecule has 48 valence electrons. The van der Waals surface area contributed by atoms with E-state index in [1.165, 1.54) is 5.75 Å². The van der Waals surface area contributed by atoms with E-state index in [9.17, 15) is 0 Å². The van der Waals surface area contributed by atoms with Gasteiger partial charge >= 0.3 is 0 Å². The predicted molar refractivity (Wildman–Crippen MR) is 47.0 cm³/mol. The maximum absolute atomic E-state index is 4.92. The Morgan fingerprint density at radius 1 is 1.50 bits per heavy atom. The fourth-order valence-electron chi connectivity index (χ4n) is 0.348. The molecule has 0 aliphatic carbocycles. The Hall–Kier alpha value is 0.440. The molecule has 0 saturated carbocycles. The van der Waals surface area contributed by atoms with E-state index in [4.69, 9.17) is 12.2 Å². The number of hydrogen-bond donors (Lipinski definition) is 0. The van der Waals surface area contributed by atoms with Crippen LogP contribution in [0.2, 0.25) is 0 Å². The molecule has 0 aliphatic heterocycles. The second-order valence-electron chi connectivity index (χ2n) is 2.14. The van der Waals surface area contributed by atoms with E-state index in [1.807, 2.05) is 6.92 Å². The summed E-state index contributed by atoms with van der Waals surface area (Å²) in [5.41, 5.74) is 0. The largest absolute Gasteiger partial charge is 0.112 e. The molecule has 0 spiro atoms. The van der Waals surface area contributed by atoms with Crippen LogP contribution in [0.5, 0.6) is 0 Å². The van der Waals surface area contributed by atoms with Crippen molar-refractivity contribution in [1.82, 2.24) is 0 Å². The van der Waals surface area contributed by atoms with Crippen LogP contribution in [0, 0.1) is 0 Å². The van der Waals surface area contributed by atoms with Crippen molar-refractivity contribution in [2.45, 2.75) is 13.3 Å². The Labute approximate surface area is 60.0 Å². The molecule has 0 aliphatic rings. The van der Waals surface area contributed by atoms with Gasteiger partial charge in [0.1, 0.15) is 5.75 Å². The van der Waals surface area contributed by atoms with Crippen molar-refractivity contribution in [2.75, 3.05) is 18.3 Å². The molecule has 0 fully saturated rings. The summed E-state index contributed by atoms with van der Waals surface area (Å²) in [6.07, 6.45) is 5.63. The van der Waals surface area contributed by atoms with Gasteiger partial charge in [-0.15, -0.1) is 0 Å². The van der Waals surface area contributed by atoms with Crippen molar-refractivity contribution in [2.24, 2.45) is 0 Å². The number of thiocarbonyl (C=S) groups is 1. The van der Waals surface area contributed by atoms with Crippen molar-refractivity contribution in [3.63, 3.8) is 0 Å². The molecule has 0 unspecified atom stereocenters. The Morgan fingerprint density at radius 2 is 2.00 bits per heavy atom. The first-order valence-corrected chi connectivity index (χ1v) is 5.28. The summed E-state index contributed by atoms with van der Waals surface area (Å²) in [6.45, 7) is 2.02. The van der Waals surface area contributed by atoms with Crippen molar-refractivity contribution in [3.8, 4) is 0 Å². The predicted octanol–water partition coefficient (Wildman–Crippen LogP) is 1.64. The van der Waals surface area contributed by atoms with Gasteiger partial charge in [-0.3, -0.25) is 0 Å². The summed E-state index contributed by atoms with van der Waals surface area (Å²) in [7, 11) is 0.576. The van der Waals surface area contributed by atoms with Gasteiger partial charge in [0.05, 0.1) is 12.5 Å². The molecule has 0 aromatic carbocycles. The van der Waals surface area contributed by atoms with Crippen LogP contribution >= 0.6 is 12.2 Å². The molecular formula is C6H13S2+. The third kappa shape index (κ3) is 6.44. The zero-order valence-electron chi connectivity index (χ0n) is 5.73. The lowest BCUT2D eigenvalue weighted by Gasteiger charge is -1.92. The molecule has 0 nitrogen and oxygen atoms in total. The summed E-state index contributed by atoms with van der Waals surface area (Å²) < 4.78 is 0. The van der Waals surface area contributed by atoms with Gasteiger partial charge in [-0.05, 0) is 22.7 Å². The first-order valence-electron chi connectivity index (χ1n) is 2.66. The van der Waals surface area contributed by atoms with Gasteiger partial charge in [0.15, 0.2) is 0 Å². The van der Waals surface area contributed by atoms with Crippen LogP contribution in [0.25, 0.3) is 0 Å². The highest BCUT2D eigenvalue weighted by Gasteiger charge is 2.00. The maximum Gasteiger partial charge on any atom is 0.112 e. The fraction of sp³-hybridized carbons (Fsp3) is 0.833. The van der Waals surface area contributed by atoms with E-state index in [0.717, 1.165) is 11.3 Å². The molecule has 0 bridgehead atoms. The fourth-order valence-corrected chi connectivity index (χ4v) is 1.29. The van der Waals surface area contributed by atoms with E-state index in [1.54, 1.807) is 0 Å². The molecule has 0 aromatic heterocycles. The number of rotatable bonds is 3. The summed E-state index contributed by atoms with van der Waals surface area (Å²) in [4.78, 5) is 1.14. The quantitative estimate of drug-likeness (QED) is 0.434. The topological polar surface area (TPSA) is 0 Å². The Bertz CT molecular complexity index is 76.6. The first kappa shape index (κ1) is 8.44. The van der Waals surface area contributed by atoms with Crippen LogP contribution in [-0.4, -0.2) is 23.1 Å². The van der Waals surface area contributed by atoms with E-state index in [2.05, 4.69) is 12.5 Å². The van der Waals surface area contributed by atoms with Gasteiger partial charge in [-0.2, -0.15) is 0 Å². The molecule has 2 heteroatoms. The molecular weight excluding hydrogens is 136 g/mol. The summed E-state index contributed by atoms with van der Waals surface area (Å²) in [5, 5.41) is 0. The highest BCUT2D eigenvalue weighted by atomic mass is 32.2. The molecule has 0 saturated heterocycles.